The van der Waals surface area contributed by atoms with Crippen LogP contribution in [0.3, 0.4) is 0 Å². The van der Waals surface area contributed by atoms with Crippen molar-refractivity contribution >= 4 is 56.0 Å². The summed E-state index contributed by atoms with van der Waals surface area (Å²) in [4.78, 5) is 21.3. The van der Waals surface area contributed by atoms with Gasteiger partial charge in [-0.15, -0.1) is 0 Å². The molecule has 3 rings (SSSR count). The first-order valence-corrected chi connectivity index (χ1v) is 10.3. The van der Waals surface area contributed by atoms with Gasteiger partial charge in [0.1, 0.15) is 30.9 Å². The highest BCUT2D eigenvalue weighted by molar-refractivity contribution is 6.69. The number of allylic oxidation sites excluding steroid dienone is 1. The van der Waals surface area contributed by atoms with Gasteiger partial charge in [-0.2, -0.15) is 0 Å². The fraction of sp³-hybridized carbons (Fsp3) is 0.350. The van der Waals surface area contributed by atoms with Gasteiger partial charge in [-0.25, -0.2) is 4.39 Å². The van der Waals surface area contributed by atoms with E-state index < -0.39 is 5.91 Å². The number of rotatable bonds is 5. The number of hydrogen-bond donors (Lipinski definition) is 5. The summed E-state index contributed by atoms with van der Waals surface area (Å²) in [6, 6.07) is 4.31. The van der Waals surface area contributed by atoms with Crippen LogP contribution in [0.25, 0.3) is 0 Å². The van der Waals surface area contributed by atoms with E-state index in [0.29, 0.717) is 22.8 Å². The molecule has 0 spiro atoms. The molecule has 0 bridgehead atoms. The summed E-state index contributed by atoms with van der Waals surface area (Å²) in [5.41, 5.74) is 1.94. The highest BCUT2D eigenvalue weighted by atomic mass is 19.1. The van der Waals surface area contributed by atoms with Gasteiger partial charge in [0.25, 0.3) is 5.91 Å². The number of amidine groups is 2. The molecule has 1 unspecified atom stereocenters. The molecule has 11 heteroatoms. The van der Waals surface area contributed by atoms with Crippen LogP contribution < -0.4 is 21.4 Å². The van der Waals surface area contributed by atoms with Crippen molar-refractivity contribution in [3.05, 3.63) is 35.8 Å². The largest absolute Gasteiger partial charge is 0.339 e. The molecular formula is C20H26B2FN7O. The number of aliphatic imine (C=N–C) groups is 1. The van der Waals surface area contributed by atoms with Gasteiger partial charge in [0.15, 0.2) is 5.84 Å². The Balaban J connectivity index is 1.64. The van der Waals surface area contributed by atoms with Gasteiger partial charge in [0.2, 0.25) is 7.98 Å². The Hall–Kier alpha value is -3.07. The van der Waals surface area contributed by atoms with Gasteiger partial charge in [0.05, 0.1) is 0 Å². The number of benzene rings is 1. The fourth-order valence-corrected chi connectivity index (χ4v) is 3.76. The number of halogens is 1. The Kier molecular flexibility index (Phi) is 7.17. The van der Waals surface area contributed by atoms with Crippen molar-refractivity contribution in [2.75, 3.05) is 18.4 Å². The van der Waals surface area contributed by atoms with E-state index in [0.717, 1.165) is 31.6 Å². The highest BCUT2D eigenvalue weighted by Gasteiger charge is 2.29. The summed E-state index contributed by atoms with van der Waals surface area (Å²) in [6.07, 6.45) is 3.84. The number of nitrogens with one attached hydrogen (secondary N) is 5. The average molecular weight is 421 g/mol. The molecule has 1 fully saturated rings. The average Bonchev–Trinajstić information content (AvgIpc) is 3.16. The number of amides is 1. The maximum atomic E-state index is 13.4. The van der Waals surface area contributed by atoms with Crippen molar-refractivity contribution in [1.82, 2.24) is 10.6 Å². The van der Waals surface area contributed by atoms with Crippen molar-refractivity contribution in [2.45, 2.75) is 19.8 Å². The molecule has 1 atom stereocenters. The van der Waals surface area contributed by atoms with E-state index in [1.54, 1.807) is 13.9 Å². The lowest BCUT2D eigenvalue weighted by Gasteiger charge is -2.24. The number of nitrogens with zero attached hydrogens (tertiary/aromatic N) is 2. The van der Waals surface area contributed by atoms with Gasteiger partial charge in [-0.3, -0.25) is 20.6 Å². The zero-order valence-corrected chi connectivity index (χ0v) is 18.0. The summed E-state index contributed by atoms with van der Waals surface area (Å²) < 4.78 is 13.4. The molecule has 0 saturated carbocycles. The SMILES string of the molecule is B/N=C(/NC(=O)C1=CC(C)C(C2CCNCC2)=N1)C(=N)C(=N)Nc1ccc(F)c(B)c1. The third-order valence-corrected chi connectivity index (χ3v) is 5.48. The smallest absolute Gasteiger partial charge is 0.275 e. The van der Waals surface area contributed by atoms with Crippen molar-refractivity contribution < 1.29 is 9.18 Å². The first-order chi connectivity index (χ1) is 14.8. The van der Waals surface area contributed by atoms with E-state index in [4.69, 9.17) is 10.8 Å². The molecule has 8 nitrogen and oxygen atoms in total. The lowest BCUT2D eigenvalue weighted by Crippen LogP contribution is -2.41. The van der Waals surface area contributed by atoms with Crippen LogP contribution in [0.15, 0.2) is 39.9 Å². The normalized spacial score (nSPS) is 19.4. The van der Waals surface area contributed by atoms with E-state index >= 15 is 0 Å². The van der Waals surface area contributed by atoms with E-state index in [1.165, 1.54) is 20.1 Å². The predicted octanol–water partition coefficient (Wildman–Crippen LogP) is -0.470. The molecule has 0 aromatic heterocycles. The molecule has 1 aromatic carbocycles. The van der Waals surface area contributed by atoms with Crippen LogP contribution in [0.2, 0.25) is 0 Å². The molecule has 5 N–H and O–H groups in total. The summed E-state index contributed by atoms with van der Waals surface area (Å²) in [6.45, 7) is 3.93. The lowest BCUT2D eigenvalue weighted by atomic mass is 9.87. The van der Waals surface area contributed by atoms with E-state index in [9.17, 15) is 9.18 Å². The second kappa shape index (κ2) is 9.82. The molecule has 2 heterocycles. The Labute approximate surface area is 182 Å². The van der Waals surface area contributed by atoms with Crippen LogP contribution in [-0.2, 0) is 4.79 Å². The molecule has 0 aliphatic carbocycles. The highest BCUT2D eigenvalue weighted by Crippen LogP contribution is 2.26. The van der Waals surface area contributed by atoms with Gasteiger partial charge < -0.3 is 20.9 Å². The molecule has 1 saturated heterocycles. The van der Waals surface area contributed by atoms with E-state index in [1.807, 2.05) is 13.0 Å². The van der Waals surface area contributed by atoms with Crippen LogP contribution in [0, 0.1) is 28.5 Å². The summed E-state index contributed by atoms with van der Waals surface area (Å²) in [5, 5.41) is 25.0. The first-order valence-electron chi connectivity index (χ1n) is 10.3. The minimum Gasteiger partial charge on any atom is -0.339 e. The third kappa shape index (κ3) is 5.35. The minimum atomic E-state index is -0.452. The Morgan fingerprint density at radius 2 is 2.03 bits per heavy atom. The standard InChI is InChI=1S/C20H26B2FN7O/c1-10-8-15(28-17(10)11-4-6-26-7-5-11)20(31)29-19(30-22)16(24)18(25)27-12-2-3-14(23)13(21)9-12/h2-3,8-11,24,26H,4-7,21-22H2,1H3,(H2,25,27)(H,29,30,31). The number of anilines is 1. The number of carbonyl (C=O) groups excluding carboxylic acids is 1. The molecular weight excluding hydrogens is 395 g/mol. The molecule has 1 amide bonds. The molecule has 1 aromatic rings. The minimum absolute atomic E-state index is 0.0413. The summed E-state index contributed by atoms with van der Waals surface area (Å²) >= 11 is 0. The second-order valence-corrected chi connectivity index (χ2v) is 7.77. The zero-order valence-electron chi connectivity index (χ0n) is 18.0. The van der Waals surface area contributed by atoms with Crippen LogP contribution in [0.1, 0.15) is 19.8 Å². The molecule has 2 aliphatic heterocycles. The Morgan fingerprint density at radius 3 is 2.68 bits per heavy atom. The van der Waals surface area contributed by atoms with Gasteiger partial charge in [-0.05, 0) is 50.2 Å². The predicted molar refractivity (Wildman–Crippen MR) is 128 cm³/mol. The van der Waals surface area contributed by atoms with Crippen LogP contribution in [-0.4, -0.2) is 57.9 Å². The van der Waals surface area contributed by atoms with Crippen LogP contribution in [0.4, 0.5) is 10.1 Å². The Bertz CT molecular complexity index is 999. The summed E-state index contributed by atoms with van der Waals surface area (Å²) in [7, 11) is 3.05. The monoisotopic (exact) mass is 421 g/mol. The molecule has 0 radical (unpaired) electrons. The maximum Gasteiger partial charge on any atom is 0.275 e. The van der Waals surface area contributed by atoms with Crippen molar-refractivity contribution in [1.29, 1.82) is 10.8 Å². The third-order valence-electron chi connectivity index (χ3n) is 5.48. The molecule has 160 valence electrons. The van der Waals surface area contributed by atoms with Gasteiger partial charge in [-0.1, -0.05) is 12.4 Å². The maximum absolute atomic E-state index is 13.4. The number of hydrogen-bond acceptors (Lipinski definition) is 6. The van der Waals surface area contributed by atoms with Gasteiger partial charge in [0, 0.05) is 23.2 Å². The van der Waals surface area contributed by atoms with Crippen LogP contribution >= 0.6 is 0 Å². The summed E-state index contributed by atoms with van der Waals surface area (Å²) in [5.74, 6) is -0.649. The van der Waals surface area contributed by atoms with E-state index in [-0.39, 0.29) is 29.1 Å². The topological polar surface area (TPSA) is 126 Å². The number of piperidine rings is 1. The quantitative estimate of drug-likeness (QED) is 0.251. The zero-order chi connectivity index (χ0) is 22.5. The fourth-order valence-electron chi connectivity index (χ4n) is 3.76. The van der Waals surface area contributed by atoms with Crippen molar-refractivity contribution in [2.24, 2.45) is 21.7 Å². The van der Waals surface area contributed by atoms with Gasteiger partial charge >= 0.3 is 0 Å². The second-order valence-electron chi connectivity index (χ2n) is 7.77. The lowest BCUT2D eigenvalue weighted by molar-refractivity contribution is -0.116. The Morgan fingerprint density at radius 1 is 1.32 bits per heavy atom. The van der Waals surface area contributed by atoms with E-state index in [2.05, 4.69) is 25.8 Å². The number of carbonyl (C=O) groups is 1. The molecule has 2 aliphatic rings. The first kappa shape index (κ1) is 22.6. The molecule has 31 heavy (non-hydrogen) atoms. The van der Waals surface area contributed by atoms with Crippen LogP contribution in [0.5, 0.6) is 0 Å². The van der Waals surface area contributed by atoms with Crippen molar-refractivity contribution in [3.8, 4) is 0 Å². The van der Waals surface area contributed by atoms with Crippen molar-refractivity contribution in [3.63, 3.8) is 0 Å².